The van der Waals surface area contributed by atoms with Gasteiger partial charge in [0.25, 0.3) is 0 Å². The number of nitrogens with two attached hydrogens (primary N) is 1. The molecule has 3 N–H and O–H groups in total. The Balaban J connectivity index is 2.60. The Labute approximate surface area is 91.8 Å². The Kier molecular flexibility index (Phi) is 4.10. The van der Waals surface area contributed by atoms with Crippen LogP contribution in [0.15, 0.2) is 28.7 Å². The second kappa shape index (κ2) is 5.12. The summed E-state index contributed by atoms with van der Waals surface area (Å²) >= 11 is 3.34. The predicted octanol–water partition coefficient (Wildman–Crippen LogP) is 1.06. The van der Waals surface area contributed by atoms with Crippen molar-refractivity contribution in [3.05, 3.63) is 34.3 Å². The standard InChI is InChI=1S/C10H13BrN2O/c1-13-10(14)9(12)6-7-2-4-8(11)5-3-7/h2-5,9H,6,12H2,1H3,(H,13,14)/t9-/m0/s1. The Morgan fingerprint density at radius 3 is 2.57 bits per heavy atom. The molecule has 0 aromatic heterocycles. The highest BCUT2D eigenvalue weighted by atomic mass is 79.9. The van der Waals surface area contributed by atoms with E-state index >= 15 is 0 Å². The quantitative estimate of drug-likeness (QED) is 0.850. The van der Waals surface area contributed by atoms with E-state index in [0.717, 1.165) is 10.0 Å². The Hall–Kier alpha value is -0.870. The van der Waals surface area contributed by atoms with Crippen LogP contribution in [-0.2, 0) is 11.2 Å². The first-order chi connectivity index (χ1) is 6.63. The first-order valence-electron chi connectivity index (χ1n) is 4.35. The predicted molar refractivity (Wildman–Crippen MR) is 59.9 cm³/mol. The lowest BCUT2D eigenvalue weighted by Crippen LogP contribution is -2.40. The van der Waals surface area contributed by atoms with Crippen LogP contribution in [0.4, 0.5) is 0 Å². The van der Waals surface area contributed by atoms with Crippen LogP contribution in [0.1, 0.15) is 5.56 Å². The number of amides is 1. The van der Waals surface area contributed by atoms with Crippen LogP contribution < -0.4 is 11.1 Å². The molecule has 0 radical (unpaired) electrons. The van der Waals surface area contributed by atoms with Gasteiger partial charge < -0.3 is 11.1 Å². The highest BCUT2D eigenvalue weighted by molar-refractivity contribution is 9.10. The van der Waals surface area contributed by atoms with Gasteiger partial charge in [-0.2, -0.15) is 0 Å². The SMILES string of the molecule is CNC(=O)[C@@H](N)Cc1ccc(Br)cc1. The van der Waals surface area contributed by atoms with E-state index in [1.165, 1.54) is 0 Å². The molecule has 14 heavy (non-hydrogen) atoms. The van der Waals surface area contributed by atoms with Crippen molar-refractivity contribution in [2.45, 2.75) is 12.5 Å². The van der Waals surface area contributed by atoms with Crippen molar-refractivity contribution in [1.29, 1.82) is 0 Å². The summed E-state index contributed by atoms with van der Waals surface area (Å²) in [5, 5.41) is 2.52. The number of hydrogen-bond donors (Lipinski definition) is 2. The van der Waals surface area contributed by atoms with Gasteiger partial charge >= 0.3 is 0 Å². The van der Waals surface area contributed by atoms with Gasteiger partial charge in [-0.1, -0.05) is 28.1 Å². The van der Waals surface area contributed by atoms with Gasteiger partial charge in [-0.3, -0.25) is 4.79 Å². The number of hydrogen-bond acceptors (Lipinski definition) is 2. The maximum absolute atomic E-state index is 11.1. The summed E-state index contributed by atoms with van der Waals surface area (Å²) < 4.78 is 1.02. The second-order valence-corrected chi connectivity index (χ2v) is 3.97. The van der Waals surface area contributed by atoms with Crippen LogP contribution in [0.25, 0.3) is 0 Å². The number of likely N-dealkylation sites (N-methyl/N-ethyl adjacent to an activating group) is 1. The minimum absolute atomic E-state index is 0.132. The van der Waals surface area contributed by atoms with E-state index in [4.69, 9.17) is 5.73 Å². The van der Waals surface area contributed by atoms with Crippen LogP contribution >= 0.6 is 15.9 Å². The Bertz CT molecular complexity index is 310. The average molecular weight is 257 g/mol. The summed E-state index contributed by atoms with van der Waals surface area (Å²) in [5.41, 5.74) is 6.73. The fraction of sp³-hybridized carbons (Fsp3) is 0.300. The fourth-order valence-electron chi connectivity index (χ4n) is 1.15. The summed E-state index contributed by atoms with van der Waals surface area (Å²) in [6, 6.07) is 7.30. The first-order valence-corrected chi connectivity index (χ1v) is 5.14. The third-order valence-corrected chi connectivity index (χ3v) is 2.48. The third-order valence-electron chi connectivity index (χ3n) is 1.95. The van der Waals surface area contributed by atoms with E-state index in [1.54, 1.807) is 7.05 Å². The maximum atomic E-state index is 11.1. The molecule has 0 unspecified atom stereocenters. The minimum atomic E-state index is -0.471. The van der Waals surface area contributed by atoms with Crippen LogP contribution in [0.3, 0.4) is 0 Å². The molecule has 0 saturated heterocycles. The van der Waals surface area contributed by atoms with Crippen molar-refractivity contribution in [3.63, 3.8) is 0 Å². The molecule has 0 heterocycles. The molecule has 0 fully saturated rings. The van der Waals surface area contributed by atoms with E-state index < -0.39 is 6.04 Å². The number of halogens is 1. The van der Waals surface area contributed by atoms with Crippen LogP contribution in [0.5, 0.6) is 0 Å². The average Bonchev–Trinajstić information content (AvgIpc) is 2.20. The van der Waals surface area contributed by atoms with Gasteiger partial charge in [-0.05, 0) is 24.1 Å². The fourth-order valence-corrected chi connectivity index (χ4v) is 1.42. The zero-order valence-corrected chi connectivity index (χ0v) is 9.54. The van der Waals surface area contributed by atoms with Gasteiger partial charge in [0.2, 0.25) is 5.91 Å². The molecule has 1 rings (SSSR count). The minimum Gasteiger partial charge on any atom is -0.358 e. The summed E-state index contributed by atoms with van der Waals surface area (Å²) in [6.07, 6.45) is 0.562. The zero-order chi connectivity index (χ0) is 10.6. The van der Waals surface area contributed by atoms with E-state index in [0.29, 0.717) is 6.42 Å². The molecule has 0 aliphatic carbocycles. The van der Waals surface area contributed by atoms with Gasteiger partial charge in [-0.25, -0.2) is 0 Å². The topological polar surface area (TPSA) is 55.1 Å². The molecule has 1 amide bonds. The number of nitrogens with one attached hydrogen (secondary N) is 1. The van der Waals surface area contributed by atoms with Crippen LogP contribution in [0.2, 0.25) is 0 Å². The summed E-state index contributed by atoms with van der Waals surface area (Å²) in [6.45, 7) is 0. The maximum Gasteiger partial charge on any atom is 0.237 e. The number of benzene rings is 1. The zero-order valence-electron chi connectivity index (χ0n) is 7.96. The molecule has 0 saturated carbocycles. The number of rotatable bonds is 3. The van der Waals surface area contributed by atoms with Crippen molar-refractivity contribution in [3.8, 4) is 0 Å². The summed E-state index contributed by atoms with van der Waals surface area (Å²) in [4.78, 5) is 11.1. The van der Waals surface area contributed by atoms with Crippen molar-refractivity contribution in [2.75, 3.05) is 7.05 Å². The molecule has 0 aliphatic heterocycles. The highest BCUT2D eigenvalue weighted by Crippen LogP contribution is 2.11. The van der Waals surface area contributed by atoms with Gasteiger partial charge in [0.05, 0.1) is 6.04 Å². The molecule has 4 heteroatoms. The normalized spacial score (nSPS) is 12.2. The lowest BCUT2D eigenvalue weighted by atomic mass is 10.1. The summed E-state index contributed by atoms with van der Waals surface area (Å²) in [7, 11) is 1.59. The molecule has 0 spiro atoms. The van der Waals surface area contributed by atoms with Crippen molar-refractivity contribution >= 4 is 21.8 Å². The molecule has 0 bridgehead atoms. The first kappa shape index (κ1) is 11.2. The lowest BCUT2D eigenvalue weighted by molar-refractivity contribution is -0.121. The van der Waals surface area contributed by atoms with Crippen molar-refractivity contribution in [1.82, 2.24) is 5.32 Å². The molecular formula is C10H13BrN2O. The van der Waals surface area contributed by atoms with E-state index in [9.17, 15) is 4.79 Å². The molecule has 1 aromatic rings. The number of carbonyl (C=O) groups is 1. The van der Waals surface area contributed by atoms with Crippen LogP contribution in [0, 0.1) is 0 Å². The van der Waals surface area contributed by atoms with Gasteiger partial charge in [0, 0.05) is 11.5 Å². The third kappa shape index (κ3) is 3.12. The smallest absolute Gasteiger partial charge is 0.237 e. The van der Waals surface area contributed by atoms with Crippen molar-refractivity contribution < 1.29 is 4.79 Å². The van der Waals surface area contributed by atoms with Gasteiger partial charge in [-0.15, -0.1) is 0 Å². The van der Waals surface area contributed by atoms with Crippen molar-refractivity contribution in [2.24, 2.45) is 5.73 Å². The van der Waals surface area contributed by atoms with E-state index in [1.807, 2.05) is 24.3 Å². The Morgan fingerprint density at radius 2 is 2.07 bits per heavy atom. The highest BCUT2D eigenvalue weighted by Gasteiger charge is 2.11. The molecule has 1 aromatic carbocycles. The monoisotopic (exact) mass is 256 g/mol. The van der Waals surface area contributed by atoms with Gasteiger partial charge in [0.15, 0.2) is 0 Å². The van der Waals surface area contributed by atoms with Gasteiger partial charge in [0.1, 0.15) is 0 Å². The Morgan fingerprint density at radius 1 is 1.50 bits per heavy atom. The molecule has 76 valence electrons. The molecular weight excluding hydrogens is 244 g/mol. The second-order valence-electron chi connectivity index (χ2n) is 3.05. The number of carbonyl (C=O) groups excluding carboxylic acids is 1. The van der Waals surface area contributed by atoms with E-state index in [2.05, 4.69) is 21.2 Å². The largest absolute Gasteiger partial charge is 0.358 e. The molecule has 1 atom stereocenters. The summed E-state index contributed by atoms with van der Waals surface area (Å²) in [5.74, 6) is -0.132. The van der Waals surface area contributed by atoms with Crippen LogP contribution in [-0.4, -0.2) is 19.0 Å². The lowest BCUT2D eigenvalue weighted by Gasteiger charge is -2.09. The molecule has 0 aliphatic rings. The van der Waals surface area contributed by atoms with E-state index in [-0.39, 0.29) is 5.91 Å². The molecule has 3 nitrogen and oxygen atoms in total.